The lowest BCUT2D eigenvalue weighted by Gasteiger charge is -2.35. The summed E-state index contributed by atoms with van der Waals surface area (Å²) in [4.78, 5) is 40.0. The fourth-order valence-electron chi connectivity index (χ4n) is 3.38. The summed E-state index contributed by atoms with van der Waals surface area (Å²) in [5.74, 6) is -1.17. The summed E-state index contributed by atoms with van der Waals surface area (Å²) in [6.45, 7) is 3.92. The number of carboxylic acid groups (broad SMARTS) is 1. The van der Waals surface area contributed by atoms with Crippen molar-refractivity contribution in [1.29, 1.82) is 0 Å². The number of aryl methyl sites for hydroxylation is 1. The van der Waals surface area contributed by atoms with Gasteiger partial charge in [-0.2, -0.15) is 0 Å². The van der Waals surface area contributed by atoms with Crippen LogP contribution < -0.4 is 0 Å². The maximum Gasteiger partial charge on any atom is 0.335 e. The second-order valence-electron chi connectivity index (χ2n) is 6.86. The lowest BCUT2D eigenvalue weighted by molar-refractivity contribution is -0.131. The van der Waals surface area contributed by atoms with Crippen LogP contribution in [0.15, 0.2) is 48.5 Å². The van der Waals surface area contributed by atoms with Crippen LogP contribution in [0.1, 0.15) is 38.8 Å². The number of amides is 2. The van der Waals surface area contributed by atoms with Gasteiger partial charge in [-0.3, -0.25) is 9.59 Å². The number of carbonyl (C=O) groups excluding carboxylic acids is 2. The Hall–Kier alpha value is -3.15. The van der Waals surface area contributed by atoms with E-state index in [0.29, 0.717) is 37.3 Å². The third-order valence-corrected chi connectivity index (χ3v) is 5.12. The minimum Gasteiger partial charge on any atom is -0.478 e. The first kappa shape index (κ1) is 19.6. The summed E-state index contributed by atoms with van der Waals surface area (Å²) in [5.41, 5.74) is 2.51. The highest BCUT2D eigenvalue weighted by Crippen LogP contribution is 2.14. The summed E-state index contributed by atoms with van der Waals surface area (Å²) in [6, 6.07) is 14.2. The minimum atomic E-state index is -1.03. The van der Waals surface area contributed by atoms with E-state index in [-0.39, 0.29) is 23.8 Å². The number of nitrogens with zero attached hydrogens (tertiary/aromatic N) is 2. The van der Waals surface area contributed by atoms with Gasteiger partial charge in [0.05, 0.1) is 12.0 Å². The zero-order valence-corrected chi connectivity index (χ0v) is 15.9. The van der Waals surface area contributed by atoms with Gasteiger partial charge in [0.25, 0.3) is 5.91 Å². The maximum atomic E-state index is 12.6. The maximum absolute atomic E-state index is 12.6. The number of hydrogen-bond donors (Lipinski definition) is 1. The molecular weight excluding hydrogens is 356 g/mol. The summed E-state index contributed by atoms with van der Waals surface area (Å²) >= 11 is 0. The zero-order chi connectivity index (χ0) is 20.1. The Morgan fingerprint density at radius 1 is 0.893 bits per heavy atom. The Morgan fingerprint density at radius 2 is 1.50 bits per heavy atom. The van der Waals surface area contributed by atoms with Gasteiger partial charge in [-0.1, -0.05) is 37.3 Å². The molecular formula is C22H24N2O4. The lowest BCUT2D eigenvalue weighted by atomic mass is 10.0. The molecule has 1 N–H and O–H groups in total. The Labute approximate surface area is 164 Å². The van der Waals surface area contributed by atoms with Gasteiger partial charge in [-0.15, -0.1) is 0 Å². The van der Waals surface area contributed by atoms with Gasteiger partial charge < -0.3 is 14.9 Å². The second kappa shape index (κ2) is 8.69. The van der Waals surface area contributed by atoms with E-state index in [1.807, 2.05) is 24.3 Å². The number of rotatable bonds is 5. The largest absolute Gasteiger partial charge is 0.478 e. The lowest BCUT2D eigenvalue weighted by Crippen LogP contribution is -2.51. The third kappa shape index (κ3) is 4.39. The van der Waals surface area contributed by atoms with Gasteiger partial charge in [0.1, 0.15) is 0 Å². The fourth-order valence-corrected chi connectivity index (χ4v) is 3.38. The van der Waals surface area contributed by atoms with Crippen molar-refractivity contribution >= 4 is 17.8 Å². The van der Waals surface area contributed by atoms with Gasteiger partial charge in [-0.05, 0) is 35.7 Å². The van der Waals surface area contributed by atoms with Crippen molar-refractivity contribution in [2.75, 3.05) is 26.2 Å². The summed E-state index contributed by atoms with van der Waals surface area (Å²) < 4.78 is 0. The fraction of sp³-hybridized carbons (Fsp3) is 0.318. The molecule has 1 fully saturated rings. The molecule has 3 rings (SSSR count). The molecule has 6 nitrogen and oxygen atoms in total. The van der Waals surface area contributed by atoms with E-state index < -0.39 is 5.97 Å². The predicted molar refractivity (Wildman–Crippen MR) is 105 cm³/mol. The van der Waals surface area contributed by atoms with Crippen LogP contribution in [0, 0.1) is 0 Å². The van der Waals surface area contributed by atoms with Gasteiger partial charge in [-0.25, -0.2) is 4.79 Å². The van der Waals surface area contributed by atoms with Crippen LogP contribution in [-0.4, -0.2) is 58.9 Å². The predicted octanol–water partition coefficient (Wildman–Crippen LogP) is 2.47. The average molecular weight is 380 g/mol. The van der Waals surface area contributed by atoms with E-state index in [2.05, 4.69) is 6.92 Å². The number of benzene rings is 2. The summed E-state index contributed by atoms with van der Waals surface area (Å²) in [6.07, 6.45) is 0.981. The molecule has 28 heavy (non-hydrogen) atoms. The van der Waals surface area contributed by atoms with Crippen LogP contribution in [0.25, 0.3) is 0 Å². The van der Waals surface area contributed by atoms with Gasteiger partial charge in [0.2, 0.25) is 5.91 Å². The first-order valence-corrected chi connectivity index (χ1v) is 9.46. The Kier molecular flexibility index (Phi) is 6.09. The molecule has 146 valence electrons. The summed E-state index contributed by atoms with van der Waals surface area (Å²) in [7, 11) is 0. The standard InChI is InChI=1S/C22H24N2O4/c1-2-16-7-9-17(10-8-16)21(26)24-13-11-23(12-14-24)20(25)15-18-5-3-4-6-19(18)22(27)28/h3-10H,2,11-15H2,1H3,(H,27,28). The average Bonchev–Trinajstić information content (AvgIpc) is 2.73. The van der Waals surface area contributed by atoms with Crippen LogP contribution in [0.2, 0.25) is 0 Å². The highest BCUT2D eigenvalue weighted by molar-refractivity contribution is 5.94. The topological polar surface area (TPSA) is 77.9 Å². The van der Waals surface area contributed by atoms with Crippen molar-refractivity contribution in [2.45, 2.75) is 19.8 Å². The molecule has 0 spiro atoms. The Balaban J connectivity index is 1.58. The smallest absolute Gasteiger partial charge is 0.335 e. The van der Waals surface area contributed by atoms with Crippen molar-refractivity contribution in [2.24, 2.45) is 0 Å². The van der Waals surface area contributed by atoms with E-state index >= 15 is 0 Å². The van der Waals surface area contributed by atoms with Crippen LogP contribution in [0.5, 0.6) is 0 Å². The van der Waals surface area contributed by atoms with E-state index in [4.69, 9.17) is 0 Å². The number of piperazine rings is 1. The third-order valence-electron chi connectivity index (χ3n) is 5.12. The number of carbonyl (C=O) groups is 3. The van der Waals surface area contributed by atoms with Crippen LogP contribution in [-0.2, 0) is 17.6 Å². The molecule has 2 aromatic carbocycles. The van der Waals surface area contributed by atoms with Gasteiger partial charge >= 0.3 is 5.97 Å². The molecule has 1 aliphatic rings. The molecule has 0 saturated carbocycles. The van der Waals surface area contributed by atoms with Crippen LogP contribution in [0.3, 0.4) is 0 Å². The molecule has 2 aromatic rings. The highest BCUT2D eigenvalue weighted by atomic mass is 16.4. The van der Waals surface area contributed by atoms with Crippen molar-refractivity contribution in [1.82, 2.24) is 9.80 Å². The van der Waals surface area contributed by atoms with Crippen LogP contribution >= 0.6 is 0 Å². The van der Waals surface area contributed by atoms with E-state index in [0.717, 1.165) is 6.42 Å². The summed E-state index contributed by atoms with van der Waals surface area (Å²) in [5, 5.41) is 9.26. The molecule has 0 unspecified atom stereocenters. The Bertz CT molecular complexity index is 868. The van der Waals surface area contributed by atoms with Gasteiger partial charge in [0, 0.05) is 31.7 Å². The van der Waals surface area contributed by atoms with Crippen molar-refractivity contribution < 1.29 is 19.5 Å². The van der Waals surface area contributed by atoms with Crippen molar-refractivity contribution in [3.05, 3.63) is 70.8 Å². The molecule has 0 radical (unpaired) electrons. The normalized spacial score (nSPS) is 14.0. The van der Waals surface area contributed by atoms with E-state index in [9.17, 15) is 19.5 Å². The van der Waals surface area contributed by atoms with Crippen molar-refractivity contribution in [3.63, 3.8) is 0 Å². The van der Waals surface area contributed by atoms with Crippen LogP contribution in [0.4, 0.5) is 0 Å². The monoisotopic (exact) mass is 380 g/mol. The molecule has 1 saturated heterocycles. The second-order valence-corrected chi connectivity index (χ2v) is 6.86. The molecule has 2 amide bonds. The quantitative estimate of drug-likeness (QED) is 0.864. The molecule has 0 aliphatic carbocycles. The number of carboxylic acids is 1. The highest BCUT2D eigenvalue weighted by Gasteiger charge is 2.25. The first-order valence-electron chi connectivity index (χ1n) is 9.46. The SMILES string of the molecule is CCc1ccc(C(=O)N2CCN(C(=O)Cc3ccccc3C(=O)O)CC2)cc1. The minimum absolute atomic E-state index is 0.0222. The van der Waals surface area contributed by atoms with Gasteiger partial charge in [0.15, 0.2) is 0 Å². The van der Waals surface area contributed by atoms with Crippen molar-refractivity contribution in [3.8, 4) is 0 Å². The molecule has 1 aliphatic heterocycles. The zero-order valence-electron chi connectivity index (χ0n) is 15.9. The van der Waals surface area contributed by atoms with E-state index in [1.165, 1.54) is 11.6 Å². The molecule has 0 aromatic heterocycles. The Morgan fingerprint density at radius 3 is 2.11 bits per heavy atom. The molecule has 0 bridgehead atoms. The molecule has 6 heteroatoms. The number of hydrogen-bond acceptors (Lipinski definition) is 3. The van der Waals surface area contributed by atoms with E-state index in [1.54, 1.807) is 28.0 Å². The molecule has 1 heterocycles. The molecule has 0 atom stereocenters. The first-order chi connectivity index (χ1) is 13.5. The number of aromatic carboxylic acids is 1.